The van der Waals surface area contributed by atoms with E-state index in [-0.39, 0.29) is 13.0 Å². The SMILES string of the molecule is CNCCCN(C)S(=O)(=O)NCCc1cc(F)cc(F)c1. The molecule has 0 saturated carbocycles. The van der Waals surface area contributed by atoms with Gasteiger partial charge < -0.3 is 5.32 Å². The van der Waals surface area contributed by atoms with Gasteiger partial charge in [0.05, 0.1) is 0 Å². The summed E-state index contributed by atoms with van der Waals surface area (Å²) in [6, 6.07) is 3.16. The van der Waals surface area contributed by atoms with Gasteiger partial charge in [-0.15, -0.1) is 0 Å². The lowest BCUT2D eigenvalue weighted by Crippen LogP contribution is -2.40. The van der Waals surface area contributed by atoms with Crippen LogP contribution in [-0.2, 0) is 16.6 Å². The summed E-state index contributed by atoms with van der Waals surface area (Å²) < 4.78 is 53.4. The van der Waals surface area contributed by atoms with E-state index < -0.39 is 21.8 Å². The Hall–Kier alpha value is -1.09. The molecule has 2 N–H and O–H groups in total. The van der Waals surface area contributed by atoms with Crippen LogP contribution >= 0.6 is 0 Å². The molecule has 1 rings (SSSR count). The fraction of sp³-hybridized carbons (Fsp3) is 0.538. The van der Waals surface area contributed by atoms with Crippen molar-refractivity contribution in [3.63, 3.8) is 0 Å². The van der Waals surface area contributed by atoms with Gasteiger partial charge in [-0.3, -0.25) is 0 Å². The molecule has 0 heterocycles. The van der Waals surface area contributed by atoms with Crippen molar-refractivity contribution >= 4 is 10.2 Å². The second kappa shape index (κ2) is 8.38. The maximum Gasteiger partial charge on any atom is 0.279 e. The Morgan fingerprint density at radius 1 is 1.14 bits per heavy atom. The number of halogens is 2. The average Bonchev–Trinajstić information content (AvgIpc) is 2.37. The van der Waals surface area contributed by atoms with Gasteiger partial charge in [-0.1, -0.05) is 0 Å². The summed E-state index contributed by atoms with van der Waals surface area (Å²) in [5, 5.41) is 2.94. The lowest BCUT2D eigenvalue weighted by molar-refractivity contribution is 0.448. The van der Waals surface area contributed by atoms with Crippen molar-refractivity contribution in [1.29, 1.82) is 0 Å². The number of hydrogen-bond acceptors (Lipinski definition) is 3. The van der Waals surface area contributed by atoms with E-state index in [1.54, 1.807) is 7.05 Å². The van der Waals surface area contributed by atoms with Crippen molar-refractivity contribution in [1.82, 2.24) is 14.3 Å². The van der Waals surface area contributed by atoms with Crippen LogP contribution in [0.1, 0.15) is 12.0 Å². The third kappa shape index (κ3) is 6.47. The Balaban J connectivity index is 2.46. The van der Waals surface area contributed by atoms with Gasteiger partial charge in [0.1, 0.15) is 11.6 Å². The zero-order chi connectivity index (χ0) is 15.9. The summed E-state index contributed by atoms with van der Waals surface area (Å²) in [7, 11) is -0.281. The van der Waals surface area contributed by atoms with Crippen LogP contribution in [0.2, 0.25) is 0 Å². The molecule has 0 unspecified atom stereocenters. The molecule has 5 nitrogen and oxygen atoms in total. The summed E-state index contributed by atoms with van der Waals surface area (Å²) in [4.78, 5) is 0. The number of nitrogens with zero attached hydrogens (tertiary/aromatic N) is 1. The first kappa shape index (κ1) is 18.0. The van der Waals surface area contributed by atoms with Crippen LogP contribution in [0.25, 0.3) is 0 Å². The fourth-order valence-corrected chi connectivity index (χ4v) is 2.74. The minimum Gasteiger partial charge on any atom is -0.320 e. The highest BCUT2D eigenvalue weighted by Crippen LogP contribution is 2.08. The molecule has 1 aromatic rings. The molecule has 0 spiro atoms. The van der Waals surface area contributed by atoms with Crippen LogP contribution in [0.15, 0.2) is 18.2 Å². The largest absolute Gasteiger partial charge is 0.320 e. The monoisotopic (exact) mass is 321 g/mol. The standard InChI is InChI=1S/C13H21F2N3O2S/c1-16-5-3-7-18(2)21(19,20)17-6-4-11-8-12(14)10-13(15)9-11/h8-10,16-17H,3-7H2,1-2H3. The van der Waals surface area contributed by atoms with E-state index in [1.165, 1.54) is 23.5 Å². The molecule has 0 fully saturated rings. The number of hydrogen-bond donors (Lipinski definition) is 2. The zero-order valence-electron chi connectivity index (χ0n) is 12.2. The van der Waals surface area contributed by atoms with Crippen LogP contribution in [0, 0.1) is 11.6 Å². The molecule has 0 aliphatic rings. The summed E-state index contributed by atoms with van der Waals surface area (Å²) in [5.41, 5.74) is 0.410. The first-order chi connectivity index (χ1) is 9.85. The zero-order valence-corrected chi connectivity index (χ0v) is 13.0. The van der Waals surface area contributed by atoms with Crippen molar-refractivity contribution in [2.24, 2.45) is 0 Å². The van der Waals surface area contributed by atoms with Crippen molar-refractivity contribution in [2.45, 2.75) is 12.8 Å². The first-order valence-electron chi connectivity index (χ1n) is 6.65. The molecule has 0 saturated heterocycles. The van der Waals surface area contributed by atoms with Gasteiger partial charge >= 0.3 is 0 Å². The van der Waals surface area contributed by atoms with Crippen molar-refractivity contribution < 1.29 is 17.2 Å². The molecular formula is C13H21F2N3O2S. The Morgan fingerprint density at radius 3 is 2.33 bits per heavy atom. The van der Waals surface area contributed by atoms with Gasteiger partial charge in [0.25, 0.3) is 10.2 Å². The number of benzene rings is 1. The Morgan fingerprint density at radius 2 is 1.76 bits per heavy atom. The predicted octanol–water partition coefficient (Wildman–Crippen LogP) is 0.883. The highest BCUT2D eigenvalue weighted by Gasteiger charge is 2.16. The molecular weight excluding hydrogens is 300 g/mol. The van der Waals surface area contributed by atoms with Gasteiger partial charge in [-0.2, -0.15) is 12.7 Å². The van der Waals surface area contributed by atoms with Crippen molar-refractivity contribution in [2.75, 3.05) is 33.7 Å². The second-order valence-electron chi connectivity index (χ2n) is 4.71. The third-order valence-electron chi connectivity index (χ3n) is 2.93. The van der Waals surface area contributed by atoms with Crippen LogP contribution < -0.4 is 10.0 Å². The number of rotatable bonds is 9. The molecule has 0 radical (unpaired) electrons. The topological polar surface area (TPSA) is 61.4 Å². The van der Waals surface area contributed by atoms with Crippen LogP contribution in [0.5, 0.6) is 0 Å². The second-order valence-corrected chi connectivity index (χ2v) is 6.57. The lowest BCUT2D eigenvalue weighted by Gasteiger charge is -2.17. The van der Waals surface area contributed by atoms with Gasteiger partial charge in [-0.05, 0) is 44.1 Å². The minimum atomic E-state index is -3.56. The molecule has 0 aliphatic heterocycles. The molecule has 0 aromatic heterocycles. The molecule has 0 aliphatic carbocycles. The van der Waals surface area contributed by atoms with Gasteiger partial charge in [0.15, 0.2) is 0 Å². The Labute approximate surface area is 124 Å². The number of nitrogens with one attached hydrogen (secondary N) is 2. The average molecular weight is 321 g/mol. The van der Waals surface area contributed by atoms with E-state index >= 15 is 0 Å². The normalized spacial score (nSPS) is 12.0. The molecule has 0 atom stereocenters. The van der Waals surface area contributed by atoms with Crippen LogP contribution in [0.4, 0.5) is 8.78 Å². The smallest absolute Gasteiger partial charge is 0.279 e. The van der Waals surface area contributed by atoms with Gasteiger partial charge in [0, 0.05) is 26.2 Å². The fourth-order valence-electron chi connectivity index (χ4n) is 1.79. The van der Waals surface area contributed by atoms with E-state index in [1.807, 2.05) is 0 Å². The van der Waals surface area contributed by atoms with Crippen LogP contribution in [0.3, 0.4) is 0 Å². The highest BCUT2D eigenvalue weighted by molar-refractivity contribution is 7.87. The molecule has 21 heavy (non-hydrogen) atoms. The quantitative estimate of drug-likeness (QED) is 0.664. The van der Waals surface area contributed by atoms with E-state index in [0.29, 0.717) is 18.5 Å². The maximum atomic E-state index is 13.0. The summed E-state index contributed by atoms with van der Waals surface area (Å²) in [6.07, 6.45) is 0.918. The predicted molar refractivity (Wildman–Crippen MR) is 78.2 cm³/mol. The van der Waals surface area contributed by atoms with E-state index in [2.05, 4.69) is 10.0 Å². The molecule has 0 bridgehead atoms. The molecule has 1 aromatic carbocycles. The van der Waals surface area contributed by atoms with E-state index in [4.69, 9.17) is 0 Å². The van der Waals surface area contributed by atoms with Crippen molar-refractivity contribution in [3.05, 3.63) is 35.4 Å². The maximum absolute atomic E-state index is 13.0. The molecule has 120 valence electrons. The Bertz CT molecular complexity index is 532. The minimum absolute atomic E-state index is 0.0849. The first-order valence-corrected chi connectivity index (χ1v) is 8.09. The molecule has 0 amide bonds. The summed E-state index contributed by atoms with van der Waals surface area (Å²) in [6.45, 7) is 1.20. The van der Waals surface area contributed by atoms with Gasteiger partial charge in [-0.25, -0.2) is 13.5 Å². The Kier molecular flexibility index (Phi) is 7.16. The van der Waals surface area contributed by atoms with E-state index in [0.717, 1.165) is 12.6 Å². The summed E-state index contributed by atoms with van der Waals surface area (Å²) >= 11 is 0. The highest BCUT2D eigenvalue weighted by atomic mass is 32.2. The summed E-state index contributed by atoms with van der Waals surface area (Å²) in [5.74, 6) is -1.34. The lowest BCUT2D eigenvalue weighted by atomic mass is 10.1. The molecule has 8 heteroatoms. The van der Waals surface area contributed by atoms with Crippen LogP contribution in [-0.4, -0.2) is 46.5 Å². The third-order valence-corrected chi connectivity index (χ3v) is 4.50. The van der Waals surface area contributed by atoms with Crippen molar-refractivity contribution in [3.8, 4) is 0 Å². The van der Waals surface area contributed by atoms with E-state index in [9.17, 15) is 17.2 Å². The van der Waals surface area contributed by atoms with Gasteiger partial charge in [0.2, 0.25) is 0 Å².